The lowest BCUT2D eigenvalue weighted by Crippen LogP contribution is -2.37. The first-order chi connectivity index (χ1) is 15.8. The van der Waals surface area contributed by atoms with E-state index in [1.807, 2.05) is 72.8 Å². The molecule has 0 N–H and O–H groups in total. The molecular weight excluding hydrogens is 396 g/mol. The molecule has 0 saturated heterocycles. The molecule has 1 heterocycles. The number of Topliss-reactive ketones (excluding diaryl/α,β-unsaturated/α-hetero) is 1. The van der Waals surface area contributed by atoms with Crippen LogP contribution in [0.5, 0.6) is 5.75 Å². The van der Waals surface area contributed by atoms with Crippen molar-refractivity contribution in [3.8, 4) is 5.75 Å². The summed E-state index contributed by atoms with van der Waals surface area (Å²) in [5, 5.41) is 0. The van der Waals surface area contributed by atoms with Crippen molar-refractivity contribution < 1.29 is 9.53 Å². The number of hydrogen-bond acceptors (Lipinski definition) is 4. The Labute approximate surface area is 186 Å². The van der Waals surface area contributed by atoms with Crippen molar-refractivity contribution in [3.05, 3.63) is 114 Å². The van der Waals surface area contributed by atoms with Gasteiger partial charge >= 0.3 is 0 Å². The maximum absolute atomic E-state index is 12.7. The SMILES string of the molecule is O=C1CC2Oc3cc(N(c4ccccc4)c4ccccc4)ccc3N=C2c2ccccc21. The minimum atomic E-state index is -0.359. The molecular formula is C28H20N2O2. The van der Waals surface area contributed by atoms with E-state index in [-0.39, 0.29) is 11.9 Å². The Morgan fingerprint density at radius 3 is 2.03 bits per heavy atom. The lowest BCUT2D eigenvalue weighted by atomic mass is 9.86. The zero-order valence-electron chi connectivity index (χ0n) is 17.3. The van der Waals surface area contributed by atoms with Gasteiger partial charge in [0.1, 0.15) is 17.5 Å². The van der Waals surface area contributed by atoms with Crippen LogP contribution in [0.25, 0.3) is 0 Å². The molecule has 0 fully saturated rings. The molecule has 0 radical (unpaired) electrons. The Balaban J connectivity index is 1.45. The maximum Gasteiger partial charge on any atom is 0.167 e. The molecule has 1 atom stereocenters. The number of fused-ring (bicyclic) bond motifs is 4. The zero-order valence-corrected chi connectivity index (χ0v) is 17.3. The number of carbonyl (C=O) groups excluding carboxylic acids is 1. The third kappa shape index (κ3) is 3.08. The van der Waals surface area contributed by atoms with E-state index in [0.29, 0.717) is 12.2 Å². The van der Waals surface area contributed by atoms with Crippen molar-refractivity contribution in [2.45, 2.75) is 12.5 Å². The van der Waals surface area contributed by atoms with Gasteiger partial charge in [-0.25, -0.2) is 4.99 Å². The molecule has 6 rings (SSSR count). The molecule has 154 valence electrons. The number of para-hydroxylation sites is 2. The van der Waals surface area contributed by atoms with Gasteiger partial charge in [0.2, 0.25) is 0 Å². The standard InChI is InChI=1S/C28H20N2O2/c31-25-18-27-28(23-14-8-7-13-22(23)25)29-24-16-15-21(17-26(24)32-27)30(19-9-3-1-4-10-19)20-11-5-2-6-12-20/h1-17,27H,18H2. The summed E-state index contributed by atoms with van der Waals surface area (Å²) in [5.41, 5.74) is 6.31. The second kappa shape index (κ2) is 7.50. The fourth-order valence-electron chi connectivity index (χ4n) is 4.44. The minimum Gasteiger partial charge on any atom is -0.481 e. The lowest BCUT2D eigenvalue weighted by molar-refractivity contribution is 0.0935. The molecule has 4 aromatic rings. The second-order valence-electron chi connectivity index (χ2n) is 7.93. The van der Waals surface area contributed by atoms with Gasteiger partial charge in [-0.15, -0.1) is 0 Å². The third-order valence-electron chi connectivity index (χ3n) is 5.92. The first kappa shape index (κ1) is 18.6. The van der Waals surface area contributed by atoms with Gasteiger partial charge in [0.25, 0.3) is 0 Å². The van der Waals surface area contributed by atoms with E-state index < -0.39 is 0 Å². The van der Waals surface area contributed by atoms with Gasteiger partial charge in [-0.2, -0.15) is 0 Å². The van der Waals surface area contributed by atoms with E-state index in [0.717, 1.165) is 39.6 Å². The summed E-state index contributed by atoms with van der Waals surface area (Å²) in [7, 11) is 0. The van der Waals surface area contributed by atoms with Gasteiger partial charge in [0.15, 0.2) is 5.78 Å². The highest BCUT2D eigenvalue weighted by molar-refractivity contribution is 6.19. The van der Waals surface area contributed by atoms with E-state index in [1.165, 1.54) is 0 Å². The molecule has 4 aromatic carbocycles. The summed E-state index contributed by atoms with van der Waals surface area (Å²) in [4.78, 5) is 19.7. The van der Waals surface area contributed by atoms with Crippen LogP contribution < -0.4 is 9.64 Å². The summed E-state index contributed by atoms with van der Waals surface area (Å²) >= 11 is 0. The Morgan fingerprint density at radius 2 is 1.34 bits per heavy atom. The normalized spacial score (nSPS) is 16.2. The molecule has 4 heteroatoms. The summed E-state index contributed by atoms with van der Waals surface area (Å²) in [6, 6.07) is 34.2. The highest BCUT2D eigenvalue weighted by Crippen LogP contribution is 2.42. The zero-order chi connectivity index (χ0) is 21.5. The van der Waals surface area contributed by atoms with Gasteiger partial charge in [0.05, 0.1) is 12.1 Å². The van der Waals surface area contributed by atoms with Crippen LogP contribution in [0, 0.1) is 0 Å². The van der Waals surface area contributed by atoms with Crippen molar-refractivity contribution in [2.75, 3.05) is 4.90 Å². The second-order valence-corrected chi connectivity index (χ2v) is 7.93. The Morgan fingerprint density at radius 1 is 0.719 bits per heavy atom. The van der Waals surface area contributed by atoms with Crippen LogP contribution in [0.2, 0.25) is 0 Å². The van der Waals surface area contributed by atoms with Gasteiger partial charge in [0, 0.05) is 34.3 Å². The molecule has 1 aliphatic heterocycles. The van der Waals surface area contributed by atoms with Crippen molar-refractivity contribution >= 4 is 34.2 Å². The number of carbonyl (C=O) groups is 1. The van der Waals surface area contributed by atoms with Crippen LogP contribution in [-0.2, 0) is 0 Å². The van der Waals surface area contributed by atoms with Crippen LogP contribution in [0.4, 0.5) is 22.7 Å². The van der Waals surface area contributed by atoms with Gasteiger partial charge in [-0.1, -0.05) is 60.7 Å². The number of hydrogen-bond donors (Lipinski definition) is 0. The Kier molecular flexibility index (Phi) is 4.36. The van der Waals surface area contributed by atoms with E-state index in [1.54, 1.807) is 0 Å². The maximum atomic E-state index is 12.7. The fourth-order valence-corrected chi connectivity index (χ4v) is 4.44. The highest BCUT2D eigenvalue weighted by atomic mass is 16.5. The fraction of sp³-hybridized carbons (Fsp3) is 0.0714. The average molecular weight is 416 g/mol. The first-order valence-corrected chi connectivity index (χ1v) is 10.7. The monoisotopic (exact) mass is 416 g/mol. The number of ether oxygens (including phenoxy) is 1. The third-order valence-corrected chi connectivity index (χ3v) is 5.92. The van der Waals surface area contributed by atoms with Crippen LogP contribution in [-0.4, -0.2) is 17.6 Å². The largest absolute Gasteiger partial charge is 0.481 e. The summed E-state index contributed by atoms with van der Waals surface area (Å²) < 4.78 is 6.35. The number of anilines is 3. The molecule has 0 amide bonds. The number of ketones is 1. The van der Waals surface area contributed by atoms with Gasteiger partial charge in [-0.3, -0.25) is 4.79 Å². The molecule has 0 saturated carbocycles. The van der Waals surface area contributed by atoms with Crippen molar-refractivity contribution in [1.29, 1.82) is 0 Å². The molecule has 0 aromatic heterocycles. The summed E-state index contributed by atoms with van der Waals surface area (Å²) in [5.74, 6) is 0.791. The average Bonchev–Trinajstić information content (AvgIpc) is 2.85. The molecule has 32 heavy (non-hydrogen) atoms. The quantitative estimate of drug-likeness (QED) is 0.377. The molecule has 1 unspecified atom stereocenters. The summed E-state index contributed by atoms with van der Waals surface area (Å²) in [6.07, 6.45) is -0.0531. The Bertz CT molecular complexity index is 1310. The van der Waals surface area contributed by atoms with Crippen molar-refractivity contribution in [3.63, 3.8) is 0 Å². The smallest absolute Gasteiger partial charge is 0.167 e. The van der Waals surface area contributed by atoms with Crippen LogP contribution in [0.15, 0.2) is 108 Å². The van der Waals surface area contributed by atoms with Crippen molar-refractivity contribution in [1.82, 2.24) is 0 Å². The van der Waals surface area contributed by atoms with E-state index in [4.69, 9.17) is 9.73 Å². The molecule has 0 spiro atoms. The van der Waals surface area contributed by atoms with E-state index >= 15 is 0 Å². The molecule has 4 nitrogen and oxygen atoms in total. The molecule has 0 bridgehead atoms. The van der Waals surface area contributed by atoms with Gasteiger partial charge in [-0.05, 0) is 36.4 Å². The topological polar surface area (TPSA) is 41.9 Å². The highest BCUT2D eigenvalue weighted by Gasteiger charge is 2.35. The predicted molar refractivity (Wildman–Crippen MR) is 127 cm³/mol. The van der Waals surface area contributed by atoms with Crippen LogP contribution >= 0.6 is 0 Å². The van der Waals surface area contributed by atoms with E-state index in [9.17, 15) is 4.79 Å². The Hall–Kier alpha value is -4.18. The molecule has 2 aliphatic rings. The minimum absolute atomic E-state index is 0.0966. The van der Waals surface area contributed by atoms with E-state index in [2.05, 4.69) is 35.2 Å². The number of nitrogens with zero attached hydrogens (tertiary/aromatic N) is 2. The van der Waals surface area contributed by atoms with Crippen molar-refractivity contribution in [2.24, 2.45) is 4.99 Å². The van der Waals surface area contributed by atoms with Gasteiger partial charge < -0.3 is 9.64 Å². The molecule has 1 aliphatic carbocycles. The number of aliphatic imine (C=N–C) groups is 1. The predicted octanol–water partition coefficient (Wildman–Crippen LogP) is 6.62. The summed E-state index contributed by atoms with van der Waals surface area (Å²) in [6.45, 7) is 0. The first-order valence-electron chi connectivity index (χ1n) is 10.7. The van der Waals surface area contributed by atoms with Crippen LogP contribution in [0.3, 0.4) is 0 Å². The lowest BCUT2D eigenvalue weighted by Gasteiger charge is -2.31. The number of benzene rings is 4. The van der Waals surface area contributed by atoms with Crippen LogP contribution in [0.1, 0.15) is 22.3 Å². The number of rotatable bonds is 3.